The van der Waals surface area contributed by atoms with E-state index in [4.69, 9.17) is 4.74 Å². The second kappa shape index (κ2) is 4.51. The van der Waals surface area contributed by atoms with E-state index >= 15 is 0 Å². The number of rotatable bonds is 4. The molecular formula is C13H20N2O2. The second-order valence-electron chi connectivity index (χ2n) is 5.90. The lowest BCUT2D eigenvalue weighted by Crippen LogP contribution is -2.15. The molecule has 1 saturated carbocycles. The Kier molecular flexibility index (Phi) is 3.22. The van der Waals surface area contributed by atoms with Crippen molar-refractivity contribution >= 4 is 0 Å². The number of H-pyrrole nitrogens is 1. The Bertz CT molecular complexity index is 441. The summed E-state index contributed by atoms with van der Waals surface area (Å²) in [6.45, 7) is 7.09. The van der Waals surface area contributed by atoms with E-state index in [0.29, 0.717) is 18.4 Å². The number of aromatic amines is 1. The molecule has 1 heterocycles. The second-order valence-corrected chi connectivity index (χ2v) is 5.90. The lowest BCUT2D eigenvalue weighted by atomic mass is 9.93. The molecule has 0 atom stereocenters. The van der Waals surface area contributed by atoms with Gasteiger partial charge in [0.15, 0.2) is 0 Å². The highest BCUT2D eigenvalue weighted by atomic mass is 16.5. The van der Waals surface area contributed by atoms with Crippen molar-refractivity contribution in [2.45, 2.75) is 46.0 Å². The molecule has 1 aliphatic carbocycles. The van der Waals surface area contributed by atoms with Crippen molar-refractivity contribution in [2.24, 2.45) is 5.41 Å². The lowest BCUT2D eigenvalue weighted by Gasteiger charge is -2.17. The first kappa shape index (κ1) is 12.1. The van der Waals surface area contributed by atoms with Gasteiger partial charge < -0.3 is 9.72 Å². The van der Waals surface area contributed by atoms with Crippen LogP contribution in [0.5, 0.6) is 5.88 Å². The van der Waals surface area contributed by atoms with Crippen molar-refractivity contribution in [1.29, 1.82) is 0 Å². The summed E-state index contributed by atoms with van der Waals surface area (Å²) in [5.41, 5.74) is 0.119. The number of nitrogens with zero attached hydrogens (tertiary/aromatic N) is 1. The third kappa shape index (κ3) is 3.88. The molecule has 0 aromatic carbocycles. The first-order valence-corrected chi connectivity index (χ1v) is 6.18. The van der Waals surface area contributed by atoms with Crippen LogP contribution in [0.2, 0.25) is 0 Å². The van der Waals surface area contributed by atoms with E-state index in [1.807, 2.05) is 0 Å². The summed E-state index contributed by atoms with van der Waals surface area (Å²) in [5, 5.41) is 0. The maximum absolute atomic E-state index is 11.4. The highest BCUT2D eigenvalue weighted by Crippen LogP contribution is 2.37. The van der Waals surface area contributed by atoms with Crippen LogP contribution in [0.25, 0.3) is 0 Å². The smallest absolute Gasteiger partial charge is 0.254 e. The molecule has 2 rings (SSSR count). The average molecular weight is 236 g/mol. The van der Waals surface area contributed by atoms with E-state index in [1.54, 1.807) is 0 Å². The predicted octanol–water partition coefficient (Wildman–Crippen LogP) is 2.46. The third-order valence-electron chi connectivity index (χ3n) is 2.80. The minimum absolute atomic E-state index is 0.118. The van der Waals surface area contributed by atoms with Crippen LogP contribution in [0.1, 0.15) is 51.8 Å². The highest BCUT2D eigenvalue weighted by molar-refractivity contribution is 5.14. The molecule has 0 amide bonds. The number of ether oxygens (including phenoxy) is 1. The van der Waals surface area contributed by atoms with Gasteiger partial charge in [-0.05, 0) is 24.7 Å². The van der Waals surface area contributed by atoms with Crippen LogP contribution >= 0.6 is 0 Å². The van der Waals surface area contributed by atoms with E-state index in [2.05, 4.69) is 30.7 Å². The van der Waals surface area contributed by atoms with Crippen LogP contribution < -0.4 is 10.3 Å². The maximum Gasteiger partial charge on any atom is 0.254 e. The van der Waals surface area contributed by atoms with Gasteiger partial charge in [0.25, 0.3) is 5.56 Å². The zero-order chi connectivity index (χ0) is 12.5. The van der Waals surface area contributed by atoms with Crippen LogP contribution in [-0.4, -0.2) is 16.6 Å². The standard InChI is InChI=1S/C13H20N2O2/c1-13(2,3)6-7-17-11-8-10(16)14-12(15-11)9-4-5-9/h8-9H,4-7H2,1-3H3,(H,14,15,16). The van der Waals surface area contributed by atoms with E-state index in [0.717, 1.165) is 25.1 Å². The van der Waals surface area contributed by atoms with Gasteiger partial charge >= 0.3 is 0 Å². The fourth-order valence-corrected chi connectivity index (χ4v) is 1.54. The molecule has 17 heavy (non-hydrogen) atoms. The van der Waals surface area contributed by atoms with Gasteiger partial charge in [-0.2, -0.15) is 4.98 Å². The zero-order valence-electron chi connectivity index (χ0n) is 10.7. The van der Waals surface area contributed by atoms with E-state index in [9.17, 15) is 4.79 Å². The summed E-state index contributed by atoms with van der Waals surface area (Å²) < 4.78 is 5.55. The third-order valence-corrected chi connectivity index (χ3v) is 2.80. The fourth-order valence-electron chi connectivity index (χ4n) is 1.54. The molecule has 0 radical (unpaired) electrons. The number of hydrogen-bond donors (Lipinski definition) is 1. The Morgan fingerprint density at radius 1 is 1.47 bits per heavy atom. The van der Waals surface area contributed by atoms with E-state index < -0.39 is 0 Å². The summed E-state index contributed by atoms with van der Waals surface area (Å²) in [5.74, 6) is 1.68. The molecular weight excluding hydrogens is 216 g/mol. The summed E-state index contributed by atoms with van der Waals surface area (Å²) in [6, 6.07) is 1.43. The van der Waals surface area contributed by atoms with Gasteiger partial charge in [0.2, 0.25) is 5.88 Å². The lowest BCUT2D eigenvalue weighted by molar-refractivity contribution is 0.235. The number of nitrogens with one attached hydrogen (secondary N) is 1. The minimum atomic E-state index is -0.118. The molecule has 1 aliphatic rings. The first-order chi connectivity index (χ1) is 7.94. The quantitative estimate of drug-likeness (QED) is 0.873. The Balaban J connectivity index is 1.98. The largest absolute Gasteiger partial charge is 0.477 e. The van der Waals surface area contributed by atoms with Gasteiger partial charge in [-0.25, -0.2) is 0 Å². The molecule has 1 N–H and O–H groups in total. The van der Waals surface area contributed by atoms with Crippen molar-refractivity contribution in [1.82, 2.24) is 9.97 Å². The van der Waals surface area contributed by atoms with Crippen molar-refractivity contribution in [3.63, 3.8) is 0 Å². The Morgan fingerprint density at radius 2 is 2.18 bits per heavy atom. The molecule has 1 fully saturated rings. The van der Waals surface area contributed by atoms with Gasteiger partial charge in [-0.3, -0.25) is 4.79 Å². The average Bonchev–Trinajstić information content (AvgIpc) is 2.97. The van der Waals surface area contributed by atoms with Gasteiger partial charge in [-0.15, -0.1) is 0 Å². The van der Waals surface area contributed by atoms with Gasteiger partial charge in [0, 0.05) is 5.92 Å². The molecule has 0 aliphatic heterocycles. The monoisotopic (exact) mass is 236 g/mol. The highest BCUT2D eigenvalue weighted by Gasteiger charge is 2.26. The van der Waals surface area contributed by atoms with E-state index in [1.165, 1.54) is 6.07 Å². The molecule has 4 nitrogen and oxygen atoms in total. The SMILES string of the molecule is CC(C)(C)CCOc1cc(=O)[nH]c(C2CC2)n1. The Hall–Kier alpha value is -1.32. The van der Waals surface area contributed by atoms with Crippen molar-refractivity contribution in [2.75, 3.05) is 6.61 Å². The van der Waals surface area contributed by atoms with Crippen LogP contribution in [-0.2, 0) is 0 Å². The molecule has 0 unspecified atom stereocenters. The molecule has 0 spiro atoms. The maximum atomic E-state index is 11.4. The molecule has 4 heteroatoms. The zero-order valence-corrected chi connectivity index (χ0v) is 10.7. The van der Waals surface area contributed by atoms with Crippen molar-refractivity contribution < 1.29 is 4.74 Å². The van der Waals surface area contributed by atoms with Gasteiger partial charge in [0.05, 0.1) is 12.7 Å². The Morgan fingerprint density at radius 3 is 2.76 bits per heavy atom. The van der Waals surface area contributed by atoms with Crippen LogP contribution in [0.3, 0.4) is 0 Å². The van der Waals surface area contributed by atoms with Crippen molar-refractivity contribution in [3.05, 3.63) is 22.2 Å². The summed E-state index contributed by atoms with van der Waals surface area (Å²) in [6.07, 6.45) is 3.18. The summed E-state index contributed by atoms with van der Waals surface area (Å²) in [7, 11) is 0. The molecule has 0 bridgehead atoms. The molecule has 1 aromatic heterocycles. The van der Waals surface area contributed by atoms with Crippen molar-refractivity contribution in [3.8, 4) is 5.88 Å². The van der Waals surface area contributed by atoms with Crippen LogP contribution in [0, 0.1) is 5.41 Å². The molecule has 94 valence electrons. The van der Waals surface area contributed by atoms with Crippen LogP contribution in [0.15, 0.2) is 10.9 Å². The molecule has 0 saturated heterocycles. The summed E-state index contributed by atoms with van der Waals surface area (Å²) >= 11 is 0. The number of aromatic nitrogens is 2. The topological polar surface area (TPSA) is 55.0 Å². The fraction of sp³-hybridized carbons (Fsp3) is 0.692. The van der Waals surface area contributed by atoms with Gasteiger partial charge in [0.1, 0.15) is 5.82 Å². The minimum Gasteiger partial charge on any atom is -0.477 e. The summed E-state index contributed by atoms with van der Waals surface area (Å²) in [4.78, 5) is 18.5. The Labute approximate surface area is 101 Å². The van der Waals surface area contributed by atoms with E-state index in [-0.39, 0.29) is 11.0 Å². The normalized spacial score (nSPS) is 15.9. The molecule has 1 aromatic rings. The van der Waals surface area contributed by atoms with Gasteiger partial charge in [-0.1, -0.05) is 20.8 Å². The predicted molar refractivity (Wildman–Crippen MR) is 66.4 cm³/mol. The first-order valence-electron chi connectivity index (χ1n) is 6.18. The number of hydrogen-bond acceptors (Lipinski definition) is 3. The van der Waals surface area contributed by atoms with Crippen LogP contribution in [0.4, 0.5) is 0 Å².